The number of nitriles is 1. The number of hydrogen-bond donors (Lipinski definition) is 1. The largest absolute Gasteiger partial charge is 0.375 e. The summed E-state index contributed by atoms with van der Waals surface area (Å²) in [7, 11) is 0. The lowest BCUT2D eigenvalue weighted by Crippen LogP contribution is -2.46. The van der Waals surface area contributed by atoms with Crippen molar-refractivity contribution in [2.45, 2.75) is 52.2 Å². The Bertz CT molecular complexity index is 188. The minimum Gasteiger partial charge on any atom is -0.375 e. The summed E-state index contributed by atoms with van der Waals surface area (Å²) in [6, 6.07) is 2.26. The van der Waals surface area contributed by atoms with Crippen LogP contribution in [-0.2, 0) is 4.74 Å². The second-order valence-electron chi connectivity index (χ2n) is 3.90. The van der Waals surface area contributed by atoms with Crippen molar-refractivity contribution in [3.05, 3.63) is 0 Å². The Morgan fingerprint density at radius 3 is 2.57 bits per heavy atom. The second-order valence-corrected chi connectivity index (χ2v) is 3.90. The van der Waals surface area contributed by atoms with E-state index in [0.717, 1.165) is 19.4 Å². The summed E-state index contributed by atoms with van der Waals surface area (Å²) in [6.07, 6.45) is 2.24. The van der Waals surface area contributed by atoms with Crippen LogP contribution in [0.3, 0.4) is 0 Å². The van der Waals surface area contributed by atoms with E-state index in [4.69, 9.17) is 10.00 Å². The molecule has 0 aliphatic carbocycles. The fourth-order valence-corrected chi connectivity index (χ4v) is 0.950. The Labute approximate surface area is 87.4 Å². The lowest BCUT2D eigenvalue weighted by Gasteiger charge is -2.24. The fraction of sp³-hybridized carbons (Fsp3) is 0.909. The summed E-state index contributed by atoms with van der Waals surface area (Å²) in [5, 5.41) is 12.2. The molecule has 3 nitrogen and oxygen atoms in total. The van der Waals surface area contributed by atoms with Gasteiger partial charge in [-0.05, 0) is 33.2 Å². The van der Waals surface area contributed by atoms with E-state index in [1.165, 1.54) is 0 Å². The van der Waals surface area contributed by atoms with Gasteiger partial charge in [-0.15, -0.1) is 0 Å². The monoisotopic (exact) mass is 198 g/mol. The zero-order valence-electron chi connectivity index (χ0n) is 9.76. The van der Waals surface area contributed by atoms with Crippen molar-refractivity contribution in [1.29, 1.82) is 5.26 Å². The van der Waals surface area contributed by atoms with Crippen LogP contribution in [0.15, 0.2) is 0 Å². The third kappa shape index (κ3) is 5.21. The van der Waals surface area contributed by atoms with Gasteiger partial charge in [0.2, 0.25) is 0 Å². The highest BCUT2D eigenvalue weighted by Crippen LogP contribution is 2.06. The fourth-order valence-electron chi connectivity index (χ4n) is 0.950. The Morgan fingerprint density at radius 2 is 2.14 bits per heavy atom. The number of hydrogen-bond acceptors (Lipinski definition) is 3. The predicted molar refractivity (Wildman–Crippen MR) is 58.0 cm³/mol. The molecule has 0 aromatic heterocycles. The molecule has 0 aromatic rings. The van der Waals surface area contributed by atoms with Crippen molar-refractivity contribution in [2.24, 2.45) is 0 Å². The molecule has 0 aromatic carbocycles. The van der Waals surface area contributed by atoms with Gasteiger partial charge in [-0.1, -0.05) is 13.8 Å². The predicted octanol–water partition coefficient (Wildman–Crippen LogP) is 2.08. The summed E-state index contributed by atoms with van der Waals surface area (Å²) >= 11 is 0. The van der Waals surface area contributed by atoms with Crippen LogP contribution in [0.1, 0.15) is 40.5 Å². The molecule has 14 heavy (non-hydrogen) atoms. The second kappa shape index (κ2) is 6.80. The van der Waals surface area contributed by atoms with E-state index in [1.807, 2.05) is 13.8 Å². The SMILES string of the molecule is CCCNC(C)(C#N)COC(C)CC. The molecule has 0 aliphatic heterocycles. The number of nitrogens with zero attached hydrogens (tertiary/aromatic N) is 1. The zero-order valence-corrected chi connectivity index (χ0v) is 9.76. The molecule has 0 aliphatic rings. The smallest absolute Gasteiger partial charge is 0.127 e. The van der Waals surface area contributed by atoms with Gasteiger partial charge in [0.25, 0.3) is 0 Å². The van der Waals surface area contributed by atoms with Gasteiger partial charge in [-0.2, -0.15) is 5.26 Å². The molecule has 3 heteroatoms. The van der Waals surface area contributed by atoms with E-state index >= 15 is 0 Å². The maximum absolute atomic E-state index is 9.01. The number of nitrogens with one attached hydrogen (secondary N) is 1. The Balaban J connectivity index is 3.94. The minimum absolute atomic E-state index is 0.228. The number of ether oxygens (including phenoxy) is 1. The molecule has 0 rings (SSSR count). The summed E-state index contributed by atoms with van der Waals surface area (Å²) in [5.41, 5.74) is -0.542. The van der Waals surface area contributed by atoms with Crippen molar-refractivity contribution in [1.82, 2.24) is 5.32 Å². The van der Waals surface area contributed by atoms with E-state index in [1.54, 1.807) is 0 Å². The molecule has 0 amide bonds. The lowest BCUT2D eigenvalue weighted by atomic mass is 10.1. The van der Waals surface area contributed by atoms with Crippen LogP contribution in [0.25, 0.3) is 0 Å². The van der Waals surface area contributed by atoms with Gasteiger partial charge in [-0.25, -0.2) is 0 Å². The van der Waals surface area contributed by atoms with E-state index in [0.29, 0.717) is 6.61 Å². The van der Waals surface area contributed by atoms with Gasteiger partial charge < -0.3 is 4.74 Å². The lowest BCUT2D eigenvalue weighted by molar-refractivity contribution is 0.0361. The van der Waals surface area contributed by atoms with E-state index in [2.05, 4.69) is 25.2 Å². The van der Waals surface area contributed by atoms with Gasteiger partial charge in [0.15, 0.2) is 0 Å². The van der Waals surface area contributed by atoms with Crippen LogP contribution >= 0.6 is 0 Å². The van der Waals surface area contributed by atoms with Crippen molar-refractivity contribution < 1.29 is 4.74 Å². The molecule has 0 bridgehead atoms. The van der Waals surface area contributed by atoms with Crippen LogP contribution < -0.4 is 5.32 Å². The molecule has 0 heterocycles. The Kier molecular flexibility index (Phi) is 6.52. The highest BCUT2D eigenvalue weighted by molar-refractivity contribution is 5.03. The molecular weight excluding hydrogens is 176 g/mol. The zero-order chi connectivity index (χ0) is 11.0. The standard InChI is InChI=1S/C11H22N2O/c1-5-7-13-11(4,8-12)9-14-10(3)6-2/h10,13H,5-7,9H2,1-4H3. The van der Waals surface area contributed by atoms with Crippen molar-refractivity contribution in [3.63, 3.8) is 0 Å². The molecule has 0 saturated heterocycles. The van der Waals surface area contributed by atoms with Gasteiger partial charge in [0.1, 0.15) is 5.54 Å². The summed E-state index contributed by atoms with van der Waals surface area (Å²) in [6.45, 7) is 9.38. The molecular formula is C11H22N2O. The first kappa shape index (κ1) is 13.4. The minimum atomic E-state index is -0.542. The van der Waals surface area contributed by atoms with Gasteiger partial charge in [0, 0.05) is 0 Å². The van der Waals surface area contributed by atoms with E-state index in [-0.39, 0.29) is 6.10 Å². The quantitative estimate of drug-likeness (QED) is 0.681. The molecule has 0 fully saturated rings. The maximum atomic E-state index is 9.01. The first-order chi connectivity index (χ1) is 6.58. The third-order valence-electron chi connectivity index (χ3n) is 2.24. The van der Waals surface area contributed by atoms with E-state index < -0.39 is 5.54 Å². The normalized spacial score (nSPS) is 17.1. The van der Waals surface area contributed by atoms with Crippen molar-refractivity contribution in [3.8, 4) is 6.07 Å². The molecule has 0 saturated carbocycles. The summed E-state index contributed by atoms with van der Waals surface area (Å²) in [4.78, 5) is 0. The Hall–Kier alpha value is -0.590. The molecule has 82 valence electrons. The van der Waals surface area contributed by atoms with Crippen LogP contribution in [0, 0.1) is 11.3 Å². The maximum Gasteiger partial charge on any atom is 0.127 e. The number of rotatable bonds is 7. The average Bonchev–Trinajstić information content (AvgIpc) is 2.23. The van der Waals surface area contributed by atoms with Gasteiger partial charge in [-0.3, -0.25) is 5.32 Å². The highest BCUT2D eigenvalue weighted by atomic mass is 16.5. The molecule has 2 unspecified atom stereocenters. The highest BCUT2D eigenvalue weighted by Gasteiger charge is 2.23. The summed E-state index contributed by atoms with van der Waals surface area (Å²) in [5.74, 6) is 0. The molecule has 0 spiro atoms. The van der Waals surface area contributed by atoms with E-state index in [9.17, 15) is 0 Å². The first-order valence-corrected chi connectivity index (χ1v) is 5.35. The third-order valence-corrected chi connectivity index (χ3v) is 2.24. The Morgan fingerprint density at radius 1 is 1.50 bits per heavy atom. The average molecular weight is 198 g/mol. The first-order valence-electron chi connectivity index (χ1n) is 5.35. The van der Waals surface area contributed by atoms with Crippen LogP contribution in [0.4, 0.5) is 0 Å². The molecule has 0 radical (unpaired) electrons. The van der Waals surface area contributed by atoms with Crippen LogP contribution in [0.5, 0.6) is 0 Å². The van der Waals surface area contributed by atoms with Crippen LogP contribution in [0.2, 0.25) is 0 Å². The van der Waals surface area contributed by atoms with Crippen molar-refractivity contribution >= 4 is 0 Å². The van der Waals surface area contributed by atoms with Crippen LogP contribution in [-0.4, -0.2) is 24.8 Å². The molecule has 1 N–H and O–H groups in total. The van der Waals surface area contributed by atoms with Gasteiger partial charge in [0.05, 0.1) is 18.8 Å². The summed E-state index contributed by atoms with van der Waals surface area (Å²) < 4.78 is 5.56. The van der Waals surface area contributed by atoms with Gasteiger partial charge >= 0.3 is 0 Å². The topological polar surface area (TPSA) is 45.0 Å². The van der Waals surface area contributed by atoms with Crippen molar-refractivity contribution in [2.75, 3.05) is 13.2 Å². The molecule has 2 atom stereocenters.